The number of carboxylic acid groups (broad SMARTS) is 1. The molecule has 4 nitrogen and oxygen atoms in total. The van der Waals surface area contributed by atoms with Crippen LogP contribution in [0, 0.1) is 22.7 Å². The number of carboxylic acids is 1. The van der Waals surface area contributed by atoms with Crippen molar-refractivity contribution < 1.29 is 9.90 Å². The molecule has 0 aliphatic carbocycles. The normalized spacial score (nSPS) is 13.1. The number of benzene rings is 1. The molecule has 0 aliphatic rings. The van der Waals surface area contributed by atoms with Gasteiger partial charge < -0.3 is 5.11 Å². The van der Waals surface area contributed by atoms with Crippen LogP contribution in [-0.4, -0.2) is 11.1 Å². The van der Waals surface area contributed by atoms with Crippen molar-refractivity contribution in [3.8, 4) is 12.1 Å². The van der Waals surface area contributed by atoms with Gasteiger partial charge in [-0.25, -0.2) is 0 Å². The molecule has 0 saturated carbocycles. The Bertz CT molecular complexity index is 511. The topological polar surface area (TPSA) is 84.9 Å². The molecule has 0 spiro atoms. The first-order valence-electron chi connectivity index (χ1n) is 5.15. The lowest BCUT2D eigenvalue weighted by molar-refractivity contribution is -0.143. The molecule has 86 valence electrons. The van der Waals surface area contributed by atoms with Gasteiger partial charge in [-0.15, -0.1) is 0 Å². The molecule has 4 heteroatoms. The van der Waals surface area contributed by atoms with Crippen LogP contribution < -0.4 is 0 Å². The lowest BCUT2D eigenvalue weighted by Gasteiger charge is -2.24. The molecular formula is C13H12N2O2. The standard InChI is InChI=1S/C13H12N2O2/c1-13(12(16)17,6-3-7-14)11-5-2-4-10(8-11)9-15/h2,4-5,8H,3,6H2,1H3,(H,16,17). The highest BCUT2D eigenvalue weighted by Gasteiger charge is 2.34. The first-order valence-corrected chi connectivity index (χ1v) is 5.15. The number of nitrogens with zero attached hydrogens (tertiary/aromatic N) is 2. The van der Waals surface area contributed by atoms with Crippen LogP contribution >= 0.6 is 0 Å². The second-order valence-corrected chi connectivity index (χ2v) is 3.99. The van der Waals surface area contributed by atoms with E-state index < -0.39 is 11.4 Å². The summed E-state index contributed by atoms with van der Waals surface area (Å²) in [6.45, 7) is 1.57. The second kappa shape index (κ2) is 5.14. The fraction of sp³-hybridized carbons (Fsp3) is 0.308. The van der Waals surface area contributed by atoms with E-state index in [-0.39, 0.29) is 12.8 Å². The number of carbonyl (C=O) groups is 1. The van der Waals surface area contributed by atoms with Gasteiger partial charge in [0.15, 0.2) is 0 Å². The number of hydrogen-bond donors (Lipinski definition) is 1. The Hall–Kier alpha value is -2.33. The molecule has 0 fully saturated rings. The molecule has 0 radical (unpaired) electrons. The van der Waals surface area contributed by atoms with Crippen LogP contribution in [0.3, 0.4) is 0 Å². The van der Waals surface area contributed by atoms with Gasteiger partial charge in [-0.2, -0.15) is 10.5 Å². The summed E-state index contributed by atoms with van der Waals surface area (Å²) < 4.78 is 0. The summed E-state index contributed by atoms with van der Waals surface area (Å²) >= 11 is 0. The quantitative estimate of drug-likeness (QED) is 0.856. The molecule has 0 aromatic heterocycles. The van der Waals surface area contributed by atoms with Crippen LogP contribution in [0.2, 0.25) is 0 Å². The Labute approximate surface area is 99.7 Å². The molecule has 1 atom stereocenters. The van der Waals surface area contributed by atoms with Crippen LogP contribution in [0.15, 0.2) is 24.3 Å². The number of rotatable bonds is 4. The van der Waals surface area contributed by atoms with Crippen molar-refractivity contribution in [2.24, 2.45) is 0 Å². The predicted octanol–water partition coefficient (Wildman–Crippen LogP) is 2.20. The zero-order valence-corrected chi connectivity index (χ0v) is 9.47. The largest absolute Gasteiger partial charge is 0.481 e. The minimum atomic E-state index is -1.12. The highest BCUT2D eigenvalue weighted by molar-refractivity contribution is 5.81. The lowest BCUT2D eigenvalue weighted by atomic mass is 9.78. The van der Waals surface area contributed by atoms with Gasteiger partial charge in [-0.05, 0) is 31.0 Å². The van der Waals surface area contributed by atoms with E-state index in [1.807, 2.05) is 12.1 Å². The fourth-order valence-corrected chi connectivity index (χ4v) is 1.61. The SMILES string of the molecule is CC(CCC#N)(C(=O)O)c1cccc(C#N)c1. The smallest absolute Gasteiger partial charge is 0.313 e. The van der Waals surface area contributed by atoms with E-state index in [0.717, 1.165) is 0 Å². The van der Waals surface area contributed by atoms with Gasteiger partial charge in [-0.3, -0.25) is 4.79 Å². The summed E-state index contributed by atoms with van der Waals surface area (Å²) in [5.74, 6) is -0.983. The van der Waals surface area contributed by atoms with E-state index in [9.17, 15) is 9.90 Å². The average molecular weight is 228 g/mol. The van der Waals surface area contributed by atoms with Gasteiger partial charge >= 0.3 is 5.97 Å². The summed E-state index contributed by atoms with van der Waals surface area (Å²) in [6, 6.07) is 10.4. The zero-order valence-electron chi connectivity index (χ0n) is 9.47. The first-order chi connectivity index (χ1) is 8.04. The Kier molecular flexibility index (Phi) is 3.85. The average Bonchev–Trinajstić information content (AvgIpc) is 2.35. The van der Waals surface area contributed by atoms with E-state index in [0.29, 0.717) is 11.1 Å². The van der Waals surface area contributed by atoms with Crippen molar-refractivity contribution in [2.45, 2.75) is 25.2 Å². The van der Waals surface area contributed by atoms with Gasteiger partial charge in [0.1, 0.15) is 0 Å². The third-order valence-corrected chi connectivity index (χ3v) is 2.84. The zero-order chi connectivity index (χ0) is 12.9. The first kappa shape index (κ1) is 12.7. The maximum Gasteiger partial charge on any atom is 0.313 e. The van der Waals surface area contributed by atoms with Gasteiger partial charge in [0, 0.05) is 6.42 Å². The van der Waals surface area contributed by atoms with Crippen LogP contribution in [0.1, 0.15) is 30.9 Å². The molecular weight excluding hydrogens is 216 g/mol. The minimum absolute atomic E-state index is 0.166. The fourth-order valence-electron chi connectivity index (χ4n) is 1.61. The monoisotopic (exact) mass is 228 g/mol. The maximum absolute atomic E-state index is 11.3. The third kappa shape index (κ3) is 2.62. The molecule has 0 saturated heterocycles. The summed E-state index contributed by atoms with van der Waals surface area (Å²) in [5, 5.41) is 26.6. The molecule has 1 aromatic rings. The molecule has 0 bridgehead atoms. The van der Waals surface area contributed by atoms with Crippen molar-refractivity contribution in [3.63, 3.8) is 0 Å². The molecule has 0 heterocycles. The molecule has 1 rings (SSSR count). The Morgan fingerprint density at radius 3 is 2.71 bits per heavy atom. The van der Waals surface area contributed by atoms with Gasteiger partial charge in [0.25, 0.3) is 0 Å². The van der Waals surface area contributed by atoms with Crippen molar-refractivity contribution >= 4 is 5.97 Å². The summed E-state index contributed by atoms with van der Waals surface area (Å²) in [4.78, 5) is 11.3. The molecule has 0 amide bonds. The molecule has 17 heavy (non-hydrogen) atoms. The summed E-state index contributed by atoms with van der Waals surface area (Å²) in [6.07, 6.45) is 0.396. The van der Waals surface area contributed by atoms with Crippen molar-refractivity contribution in [2.75, 3.05) is 0 Å². The van der Waals surface area contributed by atoms with Crippen LogP contribution in [0.5, 0.6) is 0 Å². The maximum atomic E-state index is 11.3. The highest BCUT2D eigenvalue weighted by atomic mass is 16.4. The van der Waals surface area contributed by atoms with Gasteiger partial charge in [0.2, 0.25) is 0 Å². The molecule has 1 unspecified atom stereocenters. The predicted molar refractivity (Wildman–Crippen MR) is 61.0 cm³/mol. The Balaban J connectivity index is 3.19. The van der Waals surface area contributed by atoms with Gasteiger partial charge in [-0.1, -0.05) is 12.1 Å². The van der Waals surface area contributed by atoms with Crippen LogP contribution in [-0.2, 0) is 10.2 Å². The second-order valence-electron chi connectivity index (χ2n) is 3.99. The summed E-state index contributed by atoms with van der Waals surface area (Å²) in [7, 11) is 0. The van der Waals surface area contributed by atoms with Crippen molar-refractivity contribution in [1.29, 1.82) is 10.5 Å². The van der Waals surface area contributed by atoms with E-state index in [2.05, 4.69) is 0 Å². The Morgan fingerprint density at radius 1 is 1.47 bits per heavy atom. The number of aliphatic carboxylic acids is 1. The highest BCUT2D eigenvalue weighted by Crippen LogP contribution is 2.29. The van der Waals surface area contributed by atoms with Gasteiger partial charge in [0.05, 0.1) is 23.1 Å². The van der Waals surface area contributed by atoms with Crippen LogP contribution in [0.25, 0.3) is 0 Å². The summed E-state index contributed by atoms with van der Waals surface area (Å²) in [5.41, 5.74) is -0.144. The van der Waals surface area contributed by atoms with E-state index in [1.165, 1.54) is 0 Å². The third-order valence-electron chi connectivity index (χ3n) is 2.84. The van der Waals surface area contributed by atoms with Crippen molar-refractivity contribution in [1.82, 2.24) is 0 Å². The number of nitriles is 2. The lowest BCUT2D eigenvalue weighted by Crippen LogP contribution is -2.32. The molecule has 0 aliphatic heterocycles. The molecule has 1 aromatic carbocycles. The van der Waals surface area contributed by atoms with E-state index >= 15 is 0 Å². The van der Waals surface area contributed by atoms with E-state index in [1.54, 1.807) is 31.2 Å². The Morgan fingerprint density at radius 2 is 2.18 bits per heavy atom. The van der Waals surface area contributed by atoms with Crippen LogP contribution in [0.4, 0.5) is 0 Å². The number of hydrogen-bond acceptors (Lipinski definition) is 3. The van der Waals surface area contributed by atoms with E-state index in [4.69, 9.17) is 10.5 Å². The van der Waals surface area contributed by atoms with Crippen molar-refractivity contribution in [3.05, 3.63) is 35.4 Å². The molecule has 1 N–H and O–H groups in total. The minimum Gasteiger partial charge on any atom is -0.481 e.